The zero-order chi connectivity index (χ0) is 43.9. The molecule has 0 bridgehead atoms. The third-order valence-electron chi connectivity index (χ3n) is 11.7. The molecule has 336 valence electrons. The van der Waals surface area contributed by atoms with Gasteiger partial charge in [-0.15, -0.1) is 0 Å². The van der Waals surface area contributed by atoms with Gasteiger partial charge in [-0.05, 0) is 42.2 Å². The first kappa shape index (κ1) is 44.3. The van der Waals surface area contributed by atoms with Gasteiger partial charge in [0.25, 0.3) is 0 Å². The zero-order valence-electron chi connectivity index (χ0n) is 35.8. The van der Waals surface area contributed by atoms with E-state index in [0.29, 0.717) is 11.1 Å². The minimum Gasteiger partial charge on any atom is -0.457 e. The molecule has 0 radical (unpaired) electrons. The van der Waals surface area contributed by atoms with Gasteiger partial charge in [0, 0.05) is 5.56 Å². The molecule has 0 aliphatic carbocycles. The Hall–Kier alpha value is -4.87. The fraction of sp³-hybridized carbons (Fsp3) is 0.392. The monoisotopic (exact) mass is 874 g/mol. The van der Waals surface area contributed by atoms with Crippen molar-refractivity contribution in [2.45, 2.75) is 114 Å². The summed E-state index contributed by atoms with van der Waals surface area (Å²) in [6.45, 7) is 4.47. The van der Waals surface area contributed by atoms with Gasteiger partial charge in [-0.2, -0.15) is 0 Å². The molecule has 4 aliphatic rings. The molecule has 4 heterocycles. The Bertz CT molecular complexity index is 2230. The van der Waals surface area contributed by atoms with Gasteiger partial charge in [0.15, 0.2) is 24.7 Å². The van der Waals surface area contributed by atoms with Crippen LogP contribution in [0.1, 0.15) is 58.3 Å². The van der Waals surface area contributed by atoms with E-state index in [2.05, 4.69) is 0 Å². The van der Waals surface area contributed by atoms with E-state index < -0.39 is 79.5 Å². The van der Waals surface area contributed by atoms with Crippen molar-refractivity contribution in [2.75, 3.05) is 13.2 Å². The third kappa shape index (κ3) is 10.6. The molecular weight excluding hydrogens is 821 g/mol. The zero-order valence-corrected chi connectivity index (χ0v) is 35.8. The van der Waals surface area contributed by atoms with Crippen LogP contribution in [0, 0.1) is 0 Å². The molecule has 9 rings (SSSR count). The number of esters is 1. The van der Waals surface area contributed by atoms with Gasteiger partial charge in [0.2, 0.25) is 0 Å². The number of carbonyl (C=O) groups excluding carboxylic acids is 1. The van der Waals surface area contributed by atoms with E-state index in [1.54, 1.807) is 12.1 Å². The summed E-state index contributed by atoms with van der Waals surface area (Å²) in [4.78, 5) is 13.5. The maximum absolute atomic E-state index is 13.5. The number of carbonyl (C=O) groups is 1. The number of fused-ring (bicyclic) bond motifs is 1. The summed E-state index contributed by atoms with van der Waals surface area (Å²) < 4.78 is 71.1. The van der Waals surface area contributed by atoms with Crippen molar-refractivity contribution in [1.82, 2.24) is 0 Å². The average Bonchev–Trinajstić information content (AvgIpc) is 3.86. The molecule has 5 aromatic carbocycles. The molecule has 0 unspecified atom stereocenters. The highest BCUT2D eigenvalue weighted by Gasteiger charge is 2.57. The van der Waals surface area contributed by atoms with Crippen LogP contribution < -0.4 is 0 Å². The molecule has 4 fully saturated rings. The Balaban J connectivity index is 1.01. The minimum absolute atomic E-state index is 0.0419. The van der Waals surface area contributed by atoms with E-state index in [4.69, 9.17) is 52.1 Å². The second-order valence-electron chi connectivity index (χ2n) is 16.7. The maximum atomic E-state index is 13.5. The van der Waals surface area contributed by atoms with Crippen molar-refractivity contribution in [1.29, 1.82) is 0 Å². The minimum atomic E-state index is -1.27. The molecular formula is C51H54O13. The number of hydrogen-bond acceptors (Lipinski definition) is 13. The molecule has 4 saturated heterocycles. The summed E-state index contributed by atoms with van der Waals surface area (Å²) in [5.41, 5.74) is 4.45. The lowest BCUT2D eigenvalue weighted by molar-refractivity contribution is -0.386. The average molecular weight is 875 g/mol. The molecule has 13 nitrogen and oxygen atoms in total. The second kappa shape index (κ2) is 20.5. The van der Waals surface area contributed by atoms with E-state index in [1.165, 1.54) is 0 Å². The van der Waals surface area contributed by atoms with Gasteiger partial charge >= 0.3 is 5.97 Å². The number of aliphatic hydroxyl groups is 1. The lowest BCUT2D eigenvalue weighted by Gasteiger charge is -2.49. The fourth-order valence-corrected chi connectivity index (χ4v) is 8.44. The number of rotatable bonds is 16. The van der Waals surface area contributed by atoms with Gasteiger partial charge in [-0.1, -0.05) is 140 Å². The van der Waals surface area contributed by atoms with E-state index >= 15 is 0 Å². The predicted octanol–water partition coefficient (Wildman–Crippen LogP) is 7.19. The smallest absolute Gasteiger partial charge is 0.338 e. The molecule has 0 saturated carbocycles. The first-order valence-corrected chi connectivity index (χ1v) is 21.8. The summed E-state index contributed by atoms with van der Waals surface area (Å²) in [5, 5.41) is 12.2. The van der Waals surface area contributed by atoms with Gasteiger partial charge in [0.1, 0.15) is 55.4 Å². The van der Waals surface area contributed by atoms with Gasteiger partial charge < -0.3 is 57.2 Å². The normalized spacial score (nSPS) is 29.8. The SMILES string of the molecule is CC1(C)OC[C@H]([C@@H]2O[C@@H](O[C@H]3[C@H]4O[C@@H](c5ccccc5)OC[C@H]4O[C@@H](OCc4ccccc4C(=O)OCc4ccccc4)[C@@H]3OCc3ccccc3)[C@H](O)[C@H]2OCc2ccccc2)O1. The van der Waals surface area contributed by atoms with Crippen LogP contribution in [0.2, 0.25) is 0 Å². The van der Waals surface area contributed by atoms with E-state index in [-0.39, 0.29) is 39.6 Å². The van der Waals surface area contributed by atoms with Crippen LogP contribution in [0.4, 0.5) is 0 Å². The van der Waals surface area contributed by atoms with Crippen molar-refractivity contribution >= 4 is 5.97 Å². The van der Waals surface area contributed by atoms with Crippen molar-refractivity contribution in [3.63, 3.8) is 0 Å². The highest BCUT2D eigenvalue weighted by atomic mass is 16.8. The Morgan fingerprint density at radius 2 is 1.17 bits per heavy atom. The summed E-state index contributed by atoms with van der Waals surface area (Å²) in [6, 6.07) is 45.7. The fourth-order valence-electron chi connectivity index (χ4n) is 8.44. The Morgan fingerprint density at radius 3 is 1.81 bits per heavy atom. The Morgan fingerprint density at radius 1 is 0.594 bits per heavy atom. The number of hydrogen-bond donors (Lipinski definition) is 1. The molecule has 0 spiro atoms. The molecule has 5 aromatic rings. The highest BCUT2D eigenvalue weighted by Crippen LogP contribution is 2.41. The Labute approximate surface area is 373 Å². The van der Waals surface area contributed by atoms with E-state index in [1.807, 2.05) is 147 Å². The van der Waals surface area contributed by atoms with E-state index in [9.17, 15) is 9.90 Å². The van der Waals surface area contributed by atoms with Crippen LogP contribution in [-0.4, -0.2) is 91.5 Å². The van der Waals surface area contributed by atoms with Gasteiger partial charge in [0.05, 0.1) is 38.6 Å². The van der Waals surface area contributed by atoms with Crippen LogP contribution in [0.25, 0.3) is 0 Å². The second-order valence-corrected chi connectivity index (χ2v) is 16.7. The maximum Gasteiger partial charge on any atom is 0.338 e. The number of aliphatic hydroxyl groups excluding tert-OH is 1. The standard InChI is InChI=1S/C51H54O13/c1-51(2)59-32-40(64-51)43-44(54-27-33-17-7-3-8-18-33)41(52)49(62-43)63-45-42-39(31-58-48(61-42)36-23-13-6-14-24-36)60-50(46(45)55-28-34-19-9-4-10-20-34)57-30-37-25-15-16-26-38(37)47(53)56-29-35-21-11-5-12-22-35/h3-26,39-46,48-50,52H,27-32H2,1-2H3/t39-,40-,41-,42+,43+,44-,45+,46-,48+,49+,50-/m1/s1. The van der Waals surface area contributed by atoms with Crippen molar-refractivity contribution in [3.8, 4) is 0 Å². The van der Waals surface area contributed by atoms with Crippen molar-refractivity contribution < 1.29 is 62.0 Å². The number of benzene rings is 5. The first-order valence-electron chi connectivity index (χ1n) is 21.8. The van der Waals surface area contributed by atoms with Crippen molar-refractivity contribution in [3.05, 3.63) is 179 Å². The van der Waals surface area contributed by atoms with E-state index in [0.717, 1.165) is 22.3 Å². The molecule has 11 atom stereocenters. The lowest BCUT2D eigenvalue weighted by atomic mass is 9.96. The summed E-state index contributed by atoms with van der Waals surface area (Å²) in [5.74, 6) is -1.35. The molecule has 64 heavy (non-hydrogen) atoms. The molecule has 0 aromatic heterocycles. The largest absolute Gasteiger partial charge is 0.457 e. The van der Waals surface area contributed by atoms with Crippen LogP contribution in [0.5, 0.6) is 0 Å². The number of ether oxygens (including phenoxy) is 11. The third-order valence-corrected chi connectivity index (χ3v) is 11.7. The molecule has 0 amide bonds. The molecule has 13 heteroatoms. The van der Waals surface area contributed by atoms with Crippen molar-refractivity contribution in [2.24, 2.45) is 0 Å². The van der Waals surface area contributed by atoms with Crippen LogP contribution >= 0.6 is 0 Å². The topological polar surface area (TPSA) is 139 Å². The quantitative estimate of drug-likeness (QED) is 0.100. The summed E-state index contributed by atoms with van der Waals surface area (Å²) >= 11 is 0. The van der Waals surface area contributed by atoms with Crippen LogP contribution in [0.3, 0.4) is 0 Å². The molecule has 1 N–H and O–H groups in total. The predicted molar refractivity (Wildman–Crippen MR) is 230 cm³/mol. The summed E-state index contributed by atoms with van der Waals surface area (Å²) in [7, 11) is 0. The Kier molecular flexibility index (Phi) is 14.2. The van der Waals surface area contributed by atoms with Crippen LogP contribution in [-0.2, 0) is 78.5 Å². The highest BCUT2D eigenvalue weighted by molar-refractivity contribution is 5.91. The first-order chi connectivity index (χ1) is 31.3. The van der Waals surface area contributed by atoms with Gasteiger partial charge in [-0.25, -0.2) is 4.79 Å². The van der Waals surface area contributed by atoms with Crippen LogP contribution in [0.15, 0.2) is 146 Å². The van der Waals surface area contributed by atoms with Gasteiger partial charge in [-0.3, -0.25) is 0 Å². The lowest BCUT2D eigenvalue weighted by Crippen LogP contribution is -2.64. The summed E-state index contributed by atoms with van der Waals surface area (Å²) in [6.07, 6.45) is -9.92. The molecule has 4 aliphatic heterocycles.